The maximum Gasteiger partial charge on any atom is 0.248 e. The van der Waals surface area contributed by atoms with Crippen molar-refractivity contribution in [2.24, 2.45) is 0 Å². The molecule has 154 valence electrons. The minimum absolute atomic E-state index is 0.232. The van der Waals surface area contributed by atoms with E-state index in [-0.39, 0.29) is 10.8 Å². The molecule has 8 heteroatoms. The van der Waals surface area contributed by atoms with Crippen molar-refractivity contribution in [1.82, 2.24) is 4.31 Å². The smallest absolute Gasteiger partial charge is 0.248 e. The molecule has 0 saturated carbocycles. The highest BCUT2D eigenvalue weighted by atomic mass is 32.2. The lowest BCUT2D eigenvalue weighted by Crippen LogP contribution is -2.40. The summed E-state index contributed by atoms with van der Waals surface area (Å²) in [7, 11) is -3.52. The van der Waals surface area contributed by atoms with Gasteiger partial charge in [-0.15, -0.1) is 0 Å². The van der Waals surface area contributed by atoms with Crippen molar-refractivity contribution < 1.29 is 22.7 Å². The van der Waals surface area contributed by atoms with Crippen molar-refractivity contribution in [2.45, 2.75) is 11.8 Å². The summed E-state index contributed by atoms with van der Waals surface area (Å²) in [5.41, 5.74) is 1.39. The van der Waals surface area contributed by atoms with E-state index in [1.165, 1.54) is 10.4 Å². The molecule has 1 saturated heterocycles. The van der Waals surface area contributed by atoms with Gasteiger partial charge in [0.25, 0.3) is 0 Å². The molecule has 3 rings (SSSR count). The summed E-state index contributed by atoms with van der Waals surface area (Å²) in [6, 6.07) is 13.6. The summed E-state index contributed by atoms with van der Waals surface area (Å²) in [4.78, 5) is 12.3. The summed E-state index contributed by atoms with van der Waals surface area (Å²) in [6.07, 6.45) is 3.04. The predicted molar refractivity (Wildman–Crippen MR) is 111 cm³/mol. The fraction of sp³-hybridized carbons (Fsp3) is 0.286. The number of benzene rings is 2. The minimum atomic E-state index is -3.52. The zero-order chi connectivity index (χ0) is 20.7. The number of nitrogens with zero attached hydrogens (tertiary/aromatic N) is 1. The van der Waals surface area contributed by atoms with Crippen molar-refractivity contribution >= 4 is 27.7 Å². The lowest BCUT2D eigenvalue weighted by Gasteiger charge is -2.26. The second-order valence-electron chi connectivity index (χ2n) is 6.37. The van der Waals surface area contributed by atoms with Crippen molar-refractivity contribution in [3.63, 3.8) is 0 Å². The Kier molecular flexibility index (Phi) is 7.03. The van der Waals surface area contributed by atoms with Crippen LogP contribution >= 0.6 is 0 Å². The molecule has 0 radical (unpaired) electrons. The Hall–Kier alpha value is -2.68. The highest BCUT2D eigenvalue weighted by molar-refractivity contribution is 7.89. The van der Waals surface area contributed by atoms with E-state index < -0.39 is 10.0 Å². The topological polar surface area (TPSA) is 84.9 Å². The van der Waals surface area contributed by atoms with Gasteiger partial charge in [0.1, 0.15) is 5.75 Å². The molecule has 2 aromatic carbocycles. The second kappa shape index (κ2) is 9.69. The summed E-state index contributed by atoms with van der Waals surface area (Å²) in [5, 5.41) is 2.76. The van der Waals surface area contributed by atoms with Gasteiger partial charge in [-0.2, -0.15) is 4.31 Å². The van der Waals surface area contributed by atoms with Crippen LogP contribution in [0.25, 0.3) is 6.08 Å². The second-order valence-corrected chi connectivity index (χ2v) is 8.30. The number of hydrogen-bond donors (Lipinski definition) is 1. The Labute approximate surface area is 171 Å². The number of nitrogens with one attached hydrogen (secondary N) is 1. The van der Waals surface area contributed by atoms with Crippen LogP contribution in [-0.4, -0.2) is 51.5 Å². The van der Waals surface area contributed by atoms with Gasteiger partial charge in [-0.3, -0.25) is 4.79 Å². The first-order chi connectivity index (χ1) is 14.0. The Balaban J connectivity index is 1.59. The van der Waals surface area contributed by atoms with E-state index in [0.717, 1.165) is 11.3 Å². The Morgan fingerprint density at radius 3 is 2.38 bits per heavy atom. The SMILES string of the molecule is CCOc1ccc(NC(=O)/C=C/c2ccc(S(=O)(=O)N3CCOCC3)cc2)cc1. The number of anilines is 1. The van der Waals surface area contributed by atoms with E-state index in [2.05, 4.69) is 5.32 Å². The number of amides is 1. The molecule has 0 aromatic heterocycles. The van der Waals surface area contributed by atoms with Gasteiger partial charge in [0.15, 0.2) is 0 Å². The monoisotopic (exact) mass is 416 g/mol. The van der Waals surface area contributed by atoms with Crippen LogP contribution in [0.15, 0.2) is 59.5 Å². The van der Waals surface area contributed by atoms with Gasteiger partial charge in [0, 0.05) is 24.9 Å². The lowest BCUT2D eigenvalue weighted by molar-refractivity contribution is -0.111. The van der Waals surface area contributed by atoms with Gasteiger partial charge < -0.3 is 14.8 Å². The number of morpholine rings is 1. The Morgan fingerprint density at radius 1 is 1.10 bits per heavy atom. The normalized spacial score (nSPS) is 15.3. The molecular formula is C21H24N2O5S. The molecular weight excluding hydrogens is 392 g/mol. The van der Waals surface area contributed by atoms with E-state index in [1.807, 2.05) is 6.92 Å². The summed E-state index contributed by atoms with van der Waals surface area (Å²) < 4.78 is 37.2. The highest BCUT2D eigenvalue weighted by Gasteiger charge is 2.25. The summed E-state index contributed by atoms with van der Waals surface area (Å²) >= 11 is 0. The van der Waals surface area contributed by atoms with E-state index >= 15 is 0 Å². The fourth-order valence-corrected chi connectivity index (χ4v) is 4.25. The maximum atomic E-state index is 12.6. The molecule has 29 heavy (non-hydrogen) atoms. The van der Waals surface area contributed by atoms with E-state index in [4.69, 9.17) is 9.47 Å². The lowest BCUT2D eigenvalue weighted by atomic mass is 10.2. The van der Waals surface area contributed by atoms with Crippen molar-refractivity contribution in [3.8, 4) is 5.75 Å². The standard InChI is InChI=1S/C21H24N2O5S/c1-2-28-19-8-6-18(7-9-19)22-21(24)12-5-17-3-10-20(11-4-17)29(25,26)23-13-15-27-16-14-23/h3-12H,2,13-16H2,1H3,(H,22,24)/b12-5+. The van der Waals surface area contributed by atoms with Crippen LogP contribution in [0.4, 0.5) is 5.69 Å². The average molecular weight is 416 g/mol. The molecule has 1 fully saturated rings. The predicted octanol–water partition coefficient (Wildman–Crippen LogP) is 2.76. The molecule has 1 aliphatic rings. The third-order valence-corrected chi connectivity index (χ3v) is 6.26. The van der Waals surface area contributed by atoms with Crippen LogP contribution in [0.2, 0.25) is 0 Å². The molecule has 0 aliphatic carbocycles. The first-order valence-corrected chi connectivity index (χ1v) is 10.8. The highest BCUT2D eigenvalue weighted by Crippen LogP contribution is 2.19. The van der Waals surface area contributed by atoms with Gasteiger partial charge in [-0.25, -0.2) is 8.42 Å². The Morgan fingerprint density at radius 2 is 1.76 bits per heavy atom. The quantitative estimate of drug-likeness (QED) is 0.702. The molecule has 1 heterocycles. The maximum absolute atomic E-state index is 12.6. The largest absolute Gasteiger partial charge is 0.494 e. The van der Waals surface area contributed by atoms with Gasteiger partial charge in [-0.1, -0.05) is 12.1 Å². The summed E-state index contributed by atoms with van der Waals surface area (Å²) in [5.74, 6) is 0.465. The first kappa shape index (κ1) is 21.0. The van der Waals surface area contributed by atoms with Crippen LogP contribution in [-0.2, 0) is 19.6 Å². The molecule has 7 nitrogen and oxygen atoms in total. The number of carbonyl (C=O) groups excluding carboxylic acids is 1. The van der Waals surface area contributed by atoms with E-state index in [9.17, 15) is 13.2 Å². The van der Waals surface area contributed by atoms with E-state index in [0.29, 0.717) is 38.6 Å². The molecule has 2 aromatic rings. The van der Waals surface area contributed by atoms with Crippen molar-refractivity contribution in [3.05, 3.63) is 60.2 Å². The number of rotatable bonds is 7. The van der Waals surface area contributed by atoms with Crippen LogP contribution in [0.3, 0.4) is 0 Å². The molecule has 0 spiro atoms. The summed E-state index contributed by atoms with van der Waals surface area (Å²) in [6.45, 7) is 4.02. The number of ether oxygens (including phenoxy) is 2. The number of carbonyl (C=O) groups is 1. The Bertz CT molecular complexity index is 948. The molecule has 0 unspecified atom stereocenters. The van der Waals surface area contributed by atoms with Crippen LogP contribution in [0.5, 0.6) is 5.75 Å². The first-order valence-electron chi connectivity index (χ1n) is 9.39. The van der Waals surface area contributed by atoms with Crippen LogP contribution in [0.1, 0.15) is 12.5 Å². The van der Waals surface area contributed by atoms with Gasteiger partial charge in [0.05, 0.1) is 24.7 Å². The molecule has 1 N–H and O–H groups in total. The van der Waals surface area contributed by atoms with Gasteiger partial charge >= 0.3 is 0 Å². The molecule has 1 amide bonds. The van der Waals surface area contributed by atoms with Crippen LogP contribution < -0.4 is 10.1 Å². The minimum Gasteiger partial charge on any atom is -0.494 e. The van der Waals surface area contributed by atoms with Gasteiger partial charge in [-0.05, 0) is 55.0 Å². The zero-order valence-corrected chi connectivity index (χ0v) is 17.0. The average Bonchev–Trinajstić information content (AvgIpc) is 2.75. The molecule has 1 aliphatic heterocycles. The van der Waals surface area contributed by atoms with E-state index in [1.54, 1.807) is 54.6 Å². The molecule has 0 atom stereocenters. The van der Waals surface area contributed by atoms with Crippen molar-refractivity contribution in [2.75, 3.05) is 38.2 Å². The fourth-order valence-electron chi connectivity index (χ4n) is 2.84. The third kappa shape index (κ3) is 5.66. The van der Waals surface area contributed by atoms with Crippen molar-refractivity contribution in [1.29, 1.82) is 0 Å². The molecule has 0 bridgehead atoms. The van der Waals surface area contributed by atoms with Crippen LogP contribution in [0, 0.1) is 0 Å². The van der Waals surface area contributed by atoms with Gasteiger partial charge in [0.2, 0.25) is 15.9 Å². The third-order valence-electron chi connectivity index (χ3n) is 4.35. The number of sulfonamides is 1. The number of hydrogen-bond acceptors (Lipinski definition) is 5. The zero-order valence-electron chi connectivity index (χ0n) is 16.2.